The van der Waals surface area contributed by atoms with E-state index >= 15 is 0 Å². The van der Waals surface area contributed by atoms with Crippen LogP contribution in [0.15, 0.2) is 24.5 Å². The maximum Gasteiger partial charge on any atom is 0.326 e. The molecule has 29 heavy (non-hydrogen) atoms. The molecule has 2 amide bonds. The lowest BCUT2D eigenvalue weighted by atomic mass is 9.94. The van der Waals surface area contributed by atoms with Crippen molar-refractivity contribution in [3.8, 4) is 0 Å². The molecule has 0 aliphatic heterocycles. The molecule has 1 aromatic heterocycles. The summed E-state index contributed by atoms with van der Waals surface area (Å²) in [4.78, 5) is 39.7. The van der Waals surface area contributed by atoms with E-state index < -0.39 is 23.3 Å². The van der Waals surface area contributed by atoms with E-state index in [-0.39, 0.29) is 27.9 Å². The van der Waals surface area contributed by atoms with E-state index in [0.717, 1.165) is 0 Å². The average Bonchev–Trinajstić information content (AvgIpc) is 2.61. The largest absolute Gasteiger partial charge is 0.480 e. The zero-order valence-corrected chi connectivity index (χ0v) is 17.5. The molecule has 0 aliphatic carbocycles. The molecule has 0 radical (unpaired) electrons. The Bertz CT molecular complexity index is 904. The molecule has 1 unspecified atom stereocenters. The number of carbonyl (C=O) groups is 3. The van der Waals surface area contributed by atoms with Crippen molar-refractivity contribution in [2.45, 2.75) is 33.2 Å². The molecule has 3 N–H and O–H groups in total. The Balaban J connectivity index is 2.08. The molecule has 1 atom stereocenters. The number of aromatic nitrogens is 1. The Morgan fingerprint density at radius 3 is 2.24 bits per heavy atom. The van der Waals surface area contributed by atoms with Crippen LogP contribution in [0.1, 0.15) is 36.7 Å². The molecule has 7 nitrogen and oxygen atoms in total. The van der Waals surface area contributed by atoms with Gasteiger partial charge in [-0.05, 0) is 18.2 Å². The van der Waals surface area contributed by atoms with E-state index in [2.05, 4.69) is 27.8 Å². The van der Waals surface area contributed by atoms with E-state index in [1.165, 1.54) is 18.5 Å². The lowest BCUT2D eigenvalue weighted by molar-refractivity contribution is -0.143. The first kappa shape index (κ1) is 22.5. The lowest BCUT2D eigenvalue weighted by Crippen LogP contribution is -2.46. The third kappa shape index (κ3) is 6.08. The highest BCUT2D eigenvalue weighted by molar-refractivity contribution is 6.40. The van der Waals surface area contributed by atoms with Crippen molar-refractivity contribution in [1.82, 2.24) is 10.3 Å². The second-order valence-electron chi connectivity index (χ2n) is 7.27. The molecular formula is C20H19Cl2N3O4. The zero-order chi connectivity index (χ0) is 21.8. The quantitative estimate of drug-likeness (QED) is 0.643. The fourth-order valence-electron chi connectivity index (χ4n) is 2.21. The van der Waals surface area contributed by atoms with E-state index in [1.807, 2.05) is 0 Å². The zero-order valence-electron chi connectivity index (χ0n) is 16.0. The SMILES string of the molecule is CC(C)(C)C(=O)NC(Cc1c#cc(NC(=O)c2c(Cl)cncc2Cl)cc1)C(=O)O. The first-order valence-electron chi connectivity index (χ1n) is 8.56. The number of carbonyl (C=O) groups excluding carboxylic acids is 2. The fraction of sp³-hybridized carbons (Fsp3) is 0.300. The molecule has 1 heterocycles. The van der Waals surface area contributed by atoms with Crippen molar-refractivity contribution < 1.29 is 19.5 Å². The Morgan fingerprint density at radius 1 is 1.14 bits per heavy atom. The number of hydrogen-bond donors (Lipinski definition) is 3. The number of pyridine rings is 1. The van der Waals surface area contributed by atoms with Crippen LogP contribution in [0.3, 0.4) is 0 Å². The smallest absolute Gasteiger partial charge is 0.326 e. The number of nitrogens with zero attached hydrogens (tertiary/aromatic N) is 1. The Labute approximate surface area is 178 Å². The van der Waals surface area contributed by atoms with Crippen molar-refractivity contribution in [3.05, 3.63) is 57.8 Å². The van der Waals surface area contributed by atoms with Gasteiger partial charge in [0.1, 0.15) is 6.04 Å². The fourth-order valence-corrected chi connectivity index (χ4v) is 2.75. The van der Waals surface area contributed by atoms with Crippen LogP contribution in [0, 0.1) is 17.5 Å². The maximum atomic E-state index is 12.4. The van der Waals surface area contributed by atoms with Crippen LogP contribution in [0.5, 0.6) is 0 Å². The molecule has 0 fully saturated rings. The summed E-state index contributed by atoms with van der Waals surface area (Å²) in [6.45, 7) is 5.08. The van der Waals surface area contributed by atoms with E-state index in [4.69, 9.17) is 23.2 Å². The van der Waals surface area contributed by atoms with Gasteiger partial charge in [-0.1, -0.05) is 50.0 Å². The minimum Gasteiger partial charge on any atom is -0.480 e. The molecule has 0 aliphatic rings. The third-order valence-corrected chi connectivity index (χ3v) is 4.42. The Kier molecular flexibility index (Phi) is 7.07. The van der Waals surface area contributed by atoms with Gasteiger partial charge in [-0.2, -0.15) is 0 Å². The topological polar surface area (TPSA) is 108 Å². The number of aliphatic carboxylic acids is 1. The van der Waals surface area contributed by atoms with Gasteiger partial charge in [0, 0.05) is 29.8 Å². The minimum atomic E-state index is -1.16. The van der Waals surface area contributed by atoms with Gasteiger partial charge in [0.2, 0.25) is 5.91 Å². The van der Waals surface area contributed by atoms with E-state index in [0.29, 0.717) is 11.3 Å². The van der Waals surface area contributed by atoms with Crippen molar-refractivity contribution in [2.24, 2.45) is 5.41 Å². The summed E-state index contributed by atoms with van der Waals surface area (Å²) in [6, 6.07) is 7.54. The standard InChI is InChI=1S/C20H19Cl2N3O4/c1-20(2,3)19(29)25-15(18(27)28)8-11-4-6-12(7-5-11)24-17(26)16-13(21)9-23-10-14(16)22/h4,6,9-10,15H,8H2,1-3H3,(H,24,26)(H,25,29)(H,27,28). The Morgan fingerprint density at radius 2 is 1.76 bits per heavy atom. The van der Waals surface area contributed by atoms with Crippen molar-refractivity contribution in [2.75, 3.05) is 5.32 Å². The minimum absolute atomic E-state index is 0.0177. The van der Waals surface area contributed by atoms with Crippen LogP contribution in [-0.4, -0.2) is 33.9 Å². The van der Waals surface area contributed by atoms with Crippen LogP contribution in [0.25, 0.3) is 0 Å². The van der Waals surface area contributed by atoms with Crippen molar-refractivity contribution in [3.63, 3.8) is 0 Å². The predicted molar refractivity (Wildman–Crippen MR) is 109 cm³/mol. The summed E-state index contributed by atoms with van der Waals surface area (Å²) in [5, 5.41) is 14.7. The second kappa shape index (κ2) is 9.12. The van der Waals surface area contributed by atoms with Crippen LogP contribution in [-0.2, 0) is 16.0 Å². The van der Waals surface area contributed by atoms with Gasteiger partial charge in [-0.15, -0.1) is 0 Å². The summed E-state index contributed by atoms with van der Waals surface area (Å²) in [5.74, 6) is -2.07. The van der Waals surface area contributed by atoms with Crippen LogP contribution in [0.4, 0.5) is 5.69 Å². The number of halogens is 2. The van der Waals surface area contributed by atoms with Gasteiger partial charge in [0.15, 0.2) is 0 Å². The van der Waals surface area contributed by atoms with Gasteiger partial charge in [0.25, 0.3) is 5.91 Å². The molecule has 9 heteroatoms. The van der Waals surface area contributed by atoms with Gasteiger partial charge in [-0.3, -0.25) is 14.6 Å². The summed E-state index contributed by atoms with van der Waals surface area (Å²) < 4.78 is 0. The number of carboxylic acid groups (broad SMARTS) is 1. The van der Waals surface area contributed by atoms with Gasteiger partial charge >= 0.3 is 5.97 Å². The molecule has 0 saturated carbocycles. The van der Waals surface area contributed by atoms with Gasteiger partial charge in [0.05, 0.1) is 21.3 Å². The summed E-state index contributed by atoms with van der Waals surface area (Å²) >= 11 is 11.9. The predicted octanol–water partition coefficient (Wildman–Crippen LogP) is 3.40. The number of amides is 2. The van der Waals surface area contributed by atoms with Crippen LogP contribution in [0.2, 0.25) is 10.0 Å². The Hall–Kier alpha value is -2.82. The molecule has 0 spiro atoms. The highest BCUT2D eigenvalue weighted by atomic mass is 35.5. The number of rotatable bonds is 6. The molecule has 0 bridgehead atoms. The summed E-state index contributed by atoms with van der Waals surface area (Å²) in [7, 11) is 0. The highest BCUT2D eigenvalue weighted by Gasteiger charge is 2.27. The number of carboxylic acids is 1. The number of nitrogens with one attached hydrogen (secondary N) is 2. The number of hydrogen-bond acceptors (Lipinski definition) is 4. The average molecular weight is 436 g/mol. The molecule has 0 saturated heterocycles. The second-order valence-corrected chi connectivity index (χ2v) is 8.09. The molecule has 1 aromatic carbocycles. The number of anilines is 1. The van der Waals surface area contributed by atoms with Crippen molar-refractivity contribution in [1.29, 1.82) is 0 Å². The molecule has 2 rings (SSSR count). The molecule has 152 valence electrons. The van der Waals surface area contributed by atoms with E-state index in [9.17, 15) is 19.5 Å². The van der Waals surface area contributed by atoms with Gasteiger partial charge < -0.3 is 15.7 Å². The first-order chi connectivity index (χ1) is 13.5. The summed E-state index contributed by atoms with van der Waals surface area (Å²) in [5.41, 5.74) is 0.169. The van der Waals surface area contributed by atoms with E-state index in [1.54, 1.807) is 26.8 Å². The maximum absolute atomic E-state index is 12.4. The monoisotopic (exact) mass is 435 g/mol. The molecule has 2 aromatic rings. The lowest BCUT2D eigenvalue weighted by Gasteiger charge is -2.21. The first-order valence-corrected chi connectivity index (χ1v) is 9.31. The third-order valence-electron chi connectivity index (χ3n) is 3.85. The molecular weight excluding hydrogens is 417 g/mol. The van der Waals surface area contributed by atoms with Crippen LogP contribution >= 0.6 is 23.2 Å². The van der Waals surface area contributed by atoms with Gasteiger partial charge in [-0.25, -0.2) is 4.79 Å². The summed E-state index contributed by atoms with van der Waals surface area (Å²) in [6.07, 6.45) is 2.63. The highest BCUT2D eigenvalue weighted by Crippen LogP contribution is 2.23. The van der Waals surface area contributed by atoms with Crippen LogP contribution < -0.4 is 10.6 Å². The normalized spacial score (nSPS) is 11.9. The van der Waals surface area contributed by atoms with Crippen molar-refractivity contribution >= 4 is 46.7 Å².